The number of benzene rings is 3. The number of piperidine rings is 1. The number of nitrogens with zero attached hydrogens (tertiary/aromatic N) is 1. The van der Waals surface area contributed by atoms with E-state index in [0.717, 1.165) is 28.9 Å². The highest BCUT2D eigenvalue weighted by Gasteiger charge is 2.43. The summed E-state index contributed by atoms with van der Waals surface area (Å²) in [7, 11) is 1.65. The third-order valence-electron chi connectivity index (χ3n) is 7.21. The van der Waals surface area contributed by atoms with Crippen molar-refractivity contribution in [1.82, 2.24) is 10.2 Å². The van der Waals surface area contributed by atoms with E-state index in [-0.39, 0.29) is 11.8 Å². The van der Waals surface area contributed by atoms with Crippen LogP contribution in [-0.4, -0.2) is 36.9 Å². The number of nitrogens with one attached hydrogen (secondary N) is 1. The fourth-order valence-corrected chi connectivity index (χ4v) is 5.03. The van der Waals surface area contributed by atoms with Crippen LogP contribution >= 0.6 is 0 Å². The lowest BCUT2D eigenvalue weighted by Gasteiger charge is -2.41. The number of carbonyl (C=O) groups excluding carboxylic acids is 2. The Balaban J connectivity index is 1.46. The molecule has 3 aromatic rings. The summed E-state index contributed by atoms with van der Waals surface area (Å²) in [6.07, 6.45) is 2.43. The molecule has 2 amide bonds. The SMILES string of the molecule is COc1cccc(C)c1CNC(=O)C1(c2ccccc2)CCN(C(=O)CCc2ccccc2)CC1. The molecule has 1 aliphatic rings. The van der Waals surface area contributed by atoms with Crippen LogP contribution in [0.2, 0.25) is 0 Å². The predicted octanol–water partition coefficient (Wildman–Crippen LogP) is 4.81. The van der Waals surface area contributed by atoms with Crippen molar-refractivity contribution in [2.24, 2.45) is 0 Å². The summed E-state index contributed by atoms with van der Waals surface area (Å²) in [6, 6.07) is 26.0. The van der Waals surface area contributed by atoms with Gasteiger partial charge in [-0.2, -0.15) is 0 Å². The average Bonchev–Trinajstić information content (AvgIpc) is 2.91. The van der Waals surface area contributed by atoms with E-state index in [0.29, 0.717) is 38.9 Å². The maximum atomic E-state index is 13.7. The molecule has 0 aliphatic carbocycles. The van der Waals surface area contributed by atoms with E-state index < -0.39 is 5.41 Å². The Morgan fingerprint density at radius 1 is 0.914 bits per heavy atom. The molecule has 5 heteroatoms. The van der Waals surface area contributed by atoms with E-state index in [1.54, 1.807) is 7.11 Å². The molecule has 1 aliphatic heterocycles. The molecular formula is C30H34N2O3. The molecule has 182 valence electrons. The fraction of sp³-hybridized carbons (Fsp3) is 0.333. The van der Waals surface area contributed by atoms with Gasteiger partial charge in [-0.15, -0.1) is 0 Å². The van der Waals surface area contributed by atoms with Gasteiger partial charge in [0.15, 0.2) is 0 Å². The molecule has 0 spiro atoms. The Bertz CT molecular complexity index is 1140. The monoisotopic (exact) mass is 470 g/mol. The highest BCUT2D eigenvalue weighted by atomic mass is 16.5. The number of hydrogen-bond acceptors (Lipinski definition) is 3. The number of hydrogen-bond donors (Lipinski definition) is 1. The van der Waals surface area contributed by atoms with Gasteiger partial charge >= 0.3 is 0 Å². The molecule has 35 heavy (non-hydrogen) atoms. The lowest BCUT2D eigenvalue weighted by Crippen LogP contribution is -2.52. The molecule has 0 bridgehead atoms. The minimum atomic E-state index is -0.659. The number of rotatable bonds is 8. The standard InChI is InChI=1S/C30H34N2O3/c1-23-10-9-15-27(35-2)26(23)22-31-29(34)30(25-13-7-4-8-14-25)18-20-32(21-19-30)28(33)17-16-24-11-5-3-6-12-24/h3-15H,16-22H2,1-2H3,(H,31,34). The molecule has 4 rings (SSSR count). The van der Waals surface area contributed by atoms with Crippen molar-refractivity contribution < 1.29 is 14.3 Å². The lowest BCUT2D eigenvalue weighted by atomic mass is 9.72. The van der Waals surface area contributed by atoms with Crippen molar-refractivity contribution in [3.8, 4) is 5.75 Å². The van der Waals surface area contributed by atoms with E-state index in [1.807, 2.05) is 78.6 Å². The van der Waals surface area contributed by atoms with Gasteiger partial charge < -0.3 is 15.0 Å². The van der Waals surface area contributed by atoms with Gasteiger partial charge in [0.1, 0.15) is 5.75 Å². The summed E-state index contributed by atoms with van der Waals surface area (Å²) >= 11 is 0. The first-order chi connectivity index (χ1) is 17.0. The quantitative estimate of drug-likeness (QED) is 0.514. The first-order valence-corrected chi connectivity index (χ1v) is 12.3. The van der Waals surface area contributed by atoms with Gasteiger partial charge in [-0.1, -0.05) is 72.8 Å². The minimum Gasteiger partial charge on any atom is -0.496 e. The molecule has 3 aromatic carbocycles. The first kappa shape index (κ1) is 24.5. The highest BCUT2D eigenvalue weighted by molar-refractivity contribution is 5.89. The fourth-order valence-electron chi connectivity index (χ4n) is 5.03. The van der Waals surface area contributed by atoms with Gasteiger partial charge in [0.05, 0.1) is 12.5 Å². The number of likely N-dealkylation sites (tertiary alicyclic amines) is 1. The Hall–Kier alpha value is -3.60. The van der Waals surface area contributed by atoms with Crippen molar-refractivity contribution in [1.29, 1.82) is 0 Å². The summed E-state index contributed by atoms with van der Waals surface area (Å²) < 4.78 is 5.51. The number of carbonyl (C=O) groups is 2. The van der Waals surface area contributed by atoms with Crippen LogP contribution in [0.5, 0.6) is 5.75 Å². The van der Waals surface area contributed by atoms with Crippen LogP contribution in [0.25, 0.3) is 0 Å². The normalized spacial score (nSPS) is 14.9. The molecule has 0 atom stereocenters. The zero-order valence-corrected chi connectivity index (χ0v) is 20.6. The smallest absolute Gasteiger partial charge is 0.231 e. The summed E-state index contributed by atoms with van der Waals surface area (Å²) in [5.74, 6) is 0.934. The third-order valence-corrected chi connectivity index (χ3v) is 7.21. The Kier molecular flexibility index (Phi) is 7.86. The van der Waals surface area contributed by atoms with Crippen LogP contribution in [0.3, 0.4) is 0 Å². The summed E-state index contributed by atoms with van der Waals surface area (Å²) in [5.41, 5.74) is 3.58. The van der Waals surface area contributed by atoms with E-state index in [1.165, 1.54) is 5.56 Å². The Labute approximate surface area is 208 Å². The second kappa shape index (κ2) is 11.2. The van der Waals surface area contributed by atoms with Crippen molar-refractivity contribution >= 4 is 11.8 Å². The van der Waals surface area contributed by atoms with Crippen molar-refractivity contribution in [3.63, 3.8) is 0 Å². The second-order valence-electron chi connectivity index (χ2n) is 9.25. The highest BCUT2D eigenvalue weighted by Crippen LogP contribution is 2.36. The minimum absolute atomic E-state index is 0.00499. The molecule has 0 radical (unpaired) electrons. The molecule has 1 N–H and O–H groups in total. The number of aryl methyl sites for hydroxylation is 2. The molecular weight excluding hydrogens is 436 g/mol. The summed E-state index contributed by atoms with van der Waals surface area (Å²) in [5, 5.41) is 3.19. The van der Waals surface area contributed by atoms with Crippen molar-refractivity contribution in [3.05, 3.63) is 101 Å². The van der Waals surface area contributed by atoms with Gasteiger partial charge in [-0.25, -0.2) is 0 Å². The van der Waals surface area contributed by atoms with Crippen LogP contribution in [0.4, 0.5) is 0 Å². The van der Waals surface area contributed by atoms with Crippen LogP contribution in [-0.2, 0) is 28.0 Å². The van der Waals surface area contributed by atoms with Gasteiger partial charge in [0.25, 0.3) is 0 Å². The second-order valence-corrected chi connectivity index (χ2v) is 9.25. The van der Waals surface area contributed by atoms with Crippen molar-refractivity contribution in [2.45, 2.75) is 44.6 Å². The van der Waals surface area contributed by atoms with Gasteiger partial charge in [-0.05, 0) is 48.9 Å². The van der Waals surface area contributed by atoms with Gasteiger partial charge in [0, 0.05) is 31.6 Å². The van der Waals surface area contributed by atoms with Gasteiger partial charge in [-0.3, -0.25) is 9.59 Å². The predicted molar refractivity (Wildman–Crippen MR) is 138 cm³/mol. The Morgan fingerprint density at radius 2 is 1.57 bits per heavy atom. The molecule has 0 aromatic heterocycles. The molecule has 0 saturated carbocycles. The largest absolute Gasteiger partial charge is 0.496 e. The van der Waals surface area contributed by atoms with Crippen molar-refractivity contribution in [2.75, 3.05) is 20.2 Å². The van der Waals surface area contributed by atoms with E-state index in [4.69, 9.17) is 4.74 Å². The number of amides is 2. The summed E-state index contributed by atoms with van der Waals surface area (Å²) in [6.45, 7) is 3.58. The molecule has 1 fully saturated rings. The van der Waals surface area contributed by atoms with Crippen LogP contribution in [0.1, 0.15) is 41.5 Å². The average molecular weight is 471 g/mol. The number of ether oxygens (including phenoxy) is 1. The topological polar surface area (TPSA) is 58.6 Å². The maximum absolute atomic E-state index is 13.7. The molecule has 1 heterocycles. The van der Waals surface area contributed by atoms with Gasteiger partial charge in [0.2, 0.25) is 11.8 Å². The molecule has 1 saturated heterocycles. The maximum Gasteiger partial charge on any atom is 0.231 e. The zero-order valence-electron chi connectivity index (χ0n) is 20.6. The van der Waals surface area contributed by atoms with E-state index in [2.05, 4.69) is 17.4 Å². The van der Waals surface area contributed by atoms with E-state index in [9.17, 15) is 9.59 Å². The van der Waals surface area contributed by atoms with Crippen LogP contribution in [0.15, 0.2) is 78.9 Å². The summed E-state index contributed by atoms with van der Waals surface area (Å²) in [4.78, 5) is 28.6. The van der Waals surface area contributed by atoms with Crippen LogP contribution < -0.4 is 10.1 Å². The molecule has 0 unspecified atom stereocenters. The van der Waals surface area contributed by atoms with Crippen LogP contribution in [0, 0.1) is 6.92 Å². The number of methoxy groups -OCH3 is 1. The first-order valence-electron chi connectivity index (χ1n) is 12.3. The zero-order chi connectivity index (χ0) is 24.7. The Morgan fingerprint density at radius 3 is 2.23 bits per heavy atom. The lowest BCUT2D eigenvalue weighted by molar-refractivity contribution is -0.137. The molecule has 5 nitrogen and oxygen atoms in total. The third kappa shape index (κ3) is 5.56. The van der Waals surface area contributed by atoms with E-state index >= 15 is 0 Å².